The summed E-state index contributed by atoms with van der Waals surface area (Å²) in [5.41, 5.74) is 0.198. The summed E-state index contributed by atoms with van der Waals surface area (Å²) in [5.74, 6) is -0.385. The third-order valence-corrected chi connectivity index (χ3v) is 5.23. The highest BCUT2D eigenvalue weighted by molar-refractivity contribution is 6.46. The number of hydrogen-bond donors (Lipinski definition) is 1. The van der Waals surface area contributed by atoms with E-state index in [1.165, 1.54) is 18.1 Å². The maximum atomic E-state index is 13.0. The molecule has 8 heteroatoms. The number of likely N-dealkylation sites (tertiary alicyclic amines) is 1. The Bertz CT molecular complexity index is 995. The molecule has 1 aromatic carbocycles. The number of methoxy groups -OCH3 is 1. The number of aliphatic hydroxyl groups is 1. The van der Waals surface area contributed by atoms with Crippen LogP contribution in [0.25, 0.3) is 5.76 Å². The molecule has 0 saturated carbocycles. The van der Waals surface area contributed by atoms with Crippen LogP contribution in [0.4, 0.5) is 0 Å². The number of aliphatic hydroxyl groups excluding tert-OH is 1. The summed E-state index contributed by atoms with van der Waals surface area (Å²) in [6.07, 6.45) is 0.663. The van der Waals surface area contributed by atoms with Gasteiger partial charge in [0.2, 0.25) is 0 Å². The maximum Gasteiger partial charge on any atom is 0.295 e. The van der Waals surface area contributed by atoms with Crippen molar-refractivity contribution >= 4 is 29.1 Å². The van der Waals surface area contributed by atoms with Crippen LogP contribution in [0.1, 0.15) is 29.5 Å². The molecule has 7 nitrogen and oxygen atoms in total. The Labute approximate surface area is 180 Å². The molecule has 1 fully saturated rings. The molecule has 3 rings (SSSR count). The Kier molecular flexibility index (Phi) is 6.53. The molecule has 0 bridgehead atoms. The standard InChI is InChI=1S/C22H25ClN2O5/c1-13-6-8-17(30-13)19-18(20(26)15-12-14(23)7-9-16(15)29-4)21(27)22(28)25(19)11-5-10-24(2)3/h6-9,12,19,26H,5,10-11H2,1-4H3/b20-18+. The number of benzene rings is 1. The number of hydrogen-bond acceptors (Lipinski definition) is 6. The fraction of sp³-hybridized carbons (Fsp3) is 0.364. The second-order valence-corrected chi connectivity index (χ2v) is 7.88. The number of furan rings is 1. The van der Waals surface area contributed by atoms with Gasteiger partial charge in [0, 0.05) is 11.6 Å². The van der Waals surface area contributed by atoms with Gasteiger partial charge >= 0.3 is 0 Å². The molecule has 1 unspecified atom stereocenters. The Morgan fingerprint density at radius 1 is 1.27 bits per heavy atom. The summed E-state index contributed by atoms with van der Waals surface area (Å²) < 4.78 is 11.1. The molecule has 2 heterocycles. The van der Waals surface area contributed by atoms with Crippen molar-refractivity contribution < 1.29 is 23.8 Å². The zero-order valence-corrected chi connectivity index (χ0v) is 18.2. The van der Waals surface area contributed by atoms with Crippen molar-refractivity contribution in [2.24, 2.45) is 0 Å². The van der Waals surface area contributed by atoms with Gasteiger partial charge in [-0.15, -0.1) is 0 Å². The molecule has 1 atom stereocenters. The number of halogens is 1. The third-order valence-electron chi connectivity index (χ3n) is 4.99. The molecular formula is C22H25ClN2O5. The van der Waals surface area contributed by atoms with E-state index in [9.17, 15) is 14.7 Å². The number of ketones is 1. The van der Waals surface area contributed by atoms with Gasteiger partial charge in [-0.1, -0.05) is 11.6 Å². The predicted octanol–water partition coefficient (Wildman–Crippen LogP) is 3.62. The van der Waals surface area contributed by atoms with E-state index >= 15 is 0 Å². The summed E-state index contributed by atoms with van der Waals surface area (Å²) >= 11 is 6.10. The Hall–Kier alpha value is -2.77. The van der Waals surface area contributed by atoms with E-state index in [1.807, 2.05) is 19.0 Å². The number of amides is 1. The van der Waals surface area contributed by atoms with Crippen molar-refractivity contribution in [3.8, 4) is 5.75 Å². The van der Waals surface area contributed by atoms with E-state index in [0.717, 1.165) is 6.54 Å². The minimum atomic E-state index is -0.829. The second kappa shape index (κ2) is 8.93. The van der Waals surface area contributed by atoms with Crippen LogP contribution >= 0.6 is 11.6 Å². The second-order valence-electron chi connectivity index (χ2n) is 7.44. The molecule has 1 aliphatic rings. The third kappa shape index (κ3) is 4.22. The average Bonchev–Trinajstić information content (AvgIpc) is 3.23. The first kappa shape index (κ1) is 21.9. The number of ether oxygens (including phenoxy) is 1. The summed E-state index contributed by atoms with van der Waals surface area (Å²) in [7, 11) is 5.33. The topological polar surface area (TPSA) is 83.2 Å². The lowest BCUT2D eigenvalue weighted by Crippen LogP contribution is -2.32. The summed E-state index contributed by atoms with van der Waals surface area (Å²) in [5, 5.41) is 11.5. The lowest BCUT2D eigenvalue weighted by Gasteiger charge is -2.24. The normalized spacial score (nSPS) is 18.5. The first-order valence-electron chi connectivity index (χ1n) is 9.58. The van der Waals surface area contributed by atoms with E-state index in [0.29, 0.717) is 35.3 Å². The molecule has 1 N–H and O–H groups in total. The number of carbonyl (C=O) groups is 2. The highest BCUT2D eigenvalue weighted by atomic mass is 35.5. The van der Waals surface area contributed by atoms with Crippen LogP contribution in [-0.2, 0) is 9.59 Å². The summed E-state index contributed by atoms with van der Waals surface area (Å²) in [4.78, 5) is 29.3. The largest absolute Gasteiger partial charge is 0.507 e. The first-order chi connectivity index (χ1) is 14.2. The van der Waals surface area contributed by atoms with Gasteiger partial charge in [-0.3, -0.25) is 9.59 Å². The van der Waals surface area contributed by atoms with Gasteiger partial charge in [-0.05, 0) is 64.3 Å². The van der Waals surface area contributed by atoms with Gasteiger partial charge in [0.05, 0.1) is 18.2 Å². The fourth-order valence-electron chi connectivity index (χ4n) is 3.57. The van der Waals surface area contributed by atoms with Crippen LogP contribution in [0.15, 0.2) is 40.3 Å². The van der Waals surface area contributed by atoms with Crippen molar-refractivity contribution in [2.45, 2.75) is 19.4 Å². The minimum absolute atomic E-state index is 0.0419. The van der Waals surface area contributed by atoms with Crippen LogP contribution in [0.3, 0.4) is 0 Å². The van der Waals surface area contributed by atoms with Crippen molar-refractivity contribution in [2.75, 3.05) is 34.3 Å². The molecule has 1 saturated heterocycles. The predicted molar refractivity (Wildman–Crippen MR) is 114 cm³/mol. The van der Waals surface area contributed by atoms with Gasteiger partial charge < -0.3 is 24.1 Å². The van der Waals surface area contributed by atoms with E-state index in [1.54, 1.807) is 31.2 Å². The number of nitrogens with zero attached hydrogens (tertiary/aromatic N) is 2. The number of carbonyl (C=O) groups excluding carboxylic acids is 2. The number of rotatable bonds is 7. The van der Waals surface area contributed by atoms with Crippen LogP contribution in [0.5, 0.6) is 5.75 Å². The summed E-state index contributed by atoms with van der Waals surface area (Å²) in [6.45, 7) is 2.87. The van der Waals surface area contributed by atoms with Crippen LogP contribution < -0.4 is 4.74 Å². The zero-order valence-electron chi connectivity index (χ0n) is 17.4. The number of Topliss-reactive ketones (excluding diaryl/α,β-unsaturated/α-hetero) is 1. The fourth-order valence-corrected chi connectivity index (χ4v) is 3.75. The molecule has 1 aromatic heterocycles. The van der Waals surface area contributed by atoms with Crippen molar-refractivity contribution in [1.82, 2.24) is 9.80 Å². The smallest absolute Gasteiger partial charge is 0.295 e. The summed E-state index contributed by atoms with van der Waals surface area (Å²) in [6, 6.07) is 7.35. The lowest BCUT2D eigenvalue weighted by molar-refractivity contribution is -0.140. The molecule has 160 valence electrons. The first-order valence-corrected chi connectivity index (χ1v) is 9.95. The molecule has 0 aliphatic carbocycles. The Morgan fingerprint density at radius 3 is 2.60 bits per heavy atom. The number of aryl methyl sites for hydroxylation is 1. The van der Waals surface area contributed by atoms with Gasteiger partial charge in [-0.25, -0.2) is 0 Å². The van der Waals surface area contributed by atoms with Gasteiger partial charge in [0.1, 0.15) is 29.1 Å². The Morgan fingerprint density at radius 2 is 2.00 bits per heavy atom. The van der Waals surface area contributed by atoms with Crippen molar-refractivity contribution in [1.29, 1.82) is 0 Å². The van der Waals surface area contributed by atoms with Crippen LogP contribution in [0.2, 0.25) is 5.02 Å². The van der Waals surface area contributed by atoms with Gasteiger partial charge in [0.15, 0.2) is 0 Å². The SMILES string of the molecule is COc1ccc(Cl)cc1/C(O)=C1\C(=O)C(=O)N(CCCN(C)C)C1c1ccc(C)o1. The highest BCUT2D eigenvalue weighted by Gasteiger charge is 2.47. The molecule has 0 radical (unpaired) electrons. The average molecular weight is 433 g/mol. The molecule has 1 aliphatic heterocycles. The van der Waals surface area contributed by atoms with Crippen molar-refractivity contribution in [3.05, 3.63) is 58.0 Å². The molecular weight excluding hydrogens is 408 g/mol. The van der Waals surface area contributed by atoms with Gasteiger partial charge in [0.25, 0.3) is 11.7 Å². The molecule has 1 amide bonds. The van der Waals surface area contributed by atoms with E-state index < -0.39 is 17.7 Å². The Balaban J connectivity index is 2.13. The van der Waals surface area contributed by atoms with Gasteiger partial charge in [-0.2, -0.15) is 0 Å². The molecule has 0 spiro atoms. The molecule has 30 heavy (non-hydrogen) atoms. The highest BCUT2D eigenvalue weighted by Crippen LogP contribution is 2.41. The van der Waals surface area contributed by atoms with E-state index in [2.05, 4.69) is 0 Å². The van der Waals surface area contributed by atoms with Crippen LogP contribution in [0, 0.1) is 6.92 Å². The quantitative estimate of drug-likeness (QED) is 0.408. The van der Waals surface area contributed by atoms with Crippen LogP contribution in [-0.4, -0.2) is 60.9 Å². The maximum absolute atomic E-state index is 13.0. The lowest BCUT2D eigenvalue weighted by atomic mass is 9.98. The van der Waals surface area contributed by atoms with E-state index in [4.69, 9.17) is 20.8 Å². The van der Waals surface area contributed by atoms with Crippen molar-refractivity contribution in [3.63, 3.8) is 0 Å². The zero-order chi connectivity index (χ0) is 22.0. The molecule has 2 aromatic rings. The van der Waals surface area contributed by atoms with E-state index in [-0.39, 0.29) is 16.9 Å². The monoisotopic (exact) mass is 432 g/mol. The minimum Gasteiger partial charge on any atom is -0.507 e.